The van der Waals surface area contributed by atoms with E-state index in [0.717, 1.165) is 52.5 Å². The topological polar surface area (TPSA) is 126 Å². The molecule has 3 aliphatic rings. The van der Waals surface area contributed by atoms with Crippen molar-refractivity contribution < 1.29 is 18.0 Å². The number of halogens is 3. The number of fused-ring (bicyclic) bond motifs is 2. The zero-order valence-electron chi connectivity index (χ0n) is 24.5. The summed E-state index contributed by atoms with van der Waals surface area (Å²) in [7, 11) is -4.22. The van der Waals surface area contributed by atoms with Crippen LogP contribution < -0.4 is 9.86 Å². The van der Waals surface area contributed by atoms with Gasteiger partial charge < -0.3 is 9.80 Å². The summed E-state index contributed by atoms with van der Waals surface area (Å²) in [4.78, 5) is 34.9. The molecule has 13 heteroatoms. The quantitative estimate of drug-likeness (QED) is 0.334. The normalized spacial score (nSPS) is 22.0. The Morgan fingerprint density at radius 1 is 1.00 bits per heavy atom. The van der Waals surface area contributed by atoms with Gasteiger partial charge in [0, 0.05) is 52.7 Å². The molecule has 1 aromatic heterocycles. The molecule has 0 bridgehead atoms. The van der Waals surface area contributed by atoms with Crippen molar-refractivity contribution in [3.63, 3.8) is 0 Å². The number of nitrogens with one attached hydrogen (secondary N) is 1. The predicted octanol–water partition coefficient (Wildman–Crippen LogP) is 5.99. The average Bonchev–Trinajstić information content (AvgIpc) is 3.34. The molecule has 3 heterocycles. The van der Waals surface area contributed by atoms with Crippen molar-refractivity contribution in [3.05, 3.63) is 97.2 Å². The zero-order chi connectivity index (χ0) is 31.9. The highest BCUT2D eigenvalue weighted by atomic mass is 79.9. The van der Waals surface area contributed by atoms with E-state index in [1.165, 1.54) is 10.5 Å². The first-order valence-corrected chi connectivity index (χ1v) is 18.1. The fraction of sp³-hybridized carbons (Fsp3) is 0.406. The maximum atomic E-state index is 13.7. The predicted molar refractivity (Wildman–Crippen MR) is 177 cm³/mol. The maximum absolute atomic E-state index is 13.7. The average molecular weight is 736 g/mol. The first-order valence-electron chi connectivity index (χ1n) is 15.0. The van der Waals surface area contributed by atoms with Crippen molar-refractivity contribution in [2.75, 3.05) is 19.6 Å². The molecule has 1 aliphatic carbocycles. The number of aromatic nitrogens is 1. The van der Waals surface area contributed by atoms with Gasteiger partial charge in [0.2, 0.25) is 5.91 Å². The number of carbonyl (C=O) groups excluding carboxylic acids is 2. The Balaban J connectivity index is 1.19. The van der Waals surface area contributed by atoms with E-state index in [1.807, 2.05) is 58.3 Å². The third-order valence-corrected chi connectivity index (χ3v) is 10.8. The summed E-state index contributed by atoms with van der Waals surface area (Å²) in [5.74, 6) is 0.0889. The van der Waals surface area contributed by atoms with Crippen LogP contribution in [-0.2, 0) is 27.8 Å². The summed E-state index contributed by atoms with van der Waals surface area (Å²) in [6, 6.07) is 14.1. The molecule has 0 radical (unpaired) electrons. The van der Waals surface area contributed by atoms with Crippen LogP contribution >= 0.6 is 39.1 Å². The van der Waals surface area contributed by atoms with Gasteiger partial charge in [-0.2, -0.15) is 8.42 Å². The number of aryl methyl sites for hydroxylation is 2. The van der Waals surface area contributed by atoms with Gasteiger partial charge in [-0.3, -0.25) is 9.78 Å². The lowest BCUT2D eigenvalue weighted by Crippen LogP contribution is -2.45. The monoisotopic (exact) mass is 733 g/mol. The number of pyridine rings is 1. The summed E-state index contributed by atoms with van der Waals surface area (Å²) in [5, 5.41) is 6.36. The highest BCUT2D eigenvalue weighted by Gasteiger charge is 2.41. The first kappa shape index (κ1) is 32.2. The van der Waals surface area contributed by atoms with Crippen molar-refractivity contribution in [2.45, 2.75) is 50.5 Å². The summed E-state index contributed by atoms with van der Waals surface area (Å²) in [6.07, 6.45) is 5.91. The summed E-state index contributed by atoms with van der Waals surface area (Å²) >= 11 is 16.9. The second-order valence-electron chi connectivity index (χ2n) is 12.1. The molecule has 3 amide bonds. The van der Waals surface area contributed by atoms with E-state index in [0.29, 0.717) is 36.1 Å². The second-order valence-corrected chi connectivity index (χ2v) is 15.2. The minimum atomic E-state index is -4.22. The molecular formula is C32H34BrCl2N5O4S. The fourth-order valence-corrected chi connectivity index (χ4v) is 8.84. The van der Waals surface area contributed by atoms with E-state index in [1.54, 1.807) is 0 Å². The van der Waals surface area contributed by atoms with E-state index in [-0.39, 0.29) is 30.1 Å². The fourth-order valence-electron chi connectivity index (χ4n) is 7.45. The van der Waals surface area contributed by atoms with Crippen LogP contribution in [-0.4, -0.2) is 54.8 Å². The molecule has 45 heavy (non-hydrogen) atoms. The number of amides is 3. The van der Waals surface area contributed by atoms with E-state index < -0.39 is 22.3 Å². The van der Waals surface area contributed by atoms with Gasteiger partial charge in [-0.25, -0.2) is 14.7 Å². The molecule has 0 saturated carbocycles. The number of carbonyl (C=O) groups is 2. The maximum Gasteiger partial charge on any atom is 0.332 e. The molecule has 0 spiro atoms. The molecule has 238 valence electrons. The largest absolute Gasteiger partial charge is 0.343 e. The van der Waals surface area contributed by atoms with Crippen LogP contribution in [0.4, 0.5) is 4.79 Å². The molecule has 6 rings (SSSR count). The molecule has 3 N–H and O–H groups in total. The van der Waals surface area contributed by atoms with E-state index in [2.05, 4.69) is 22.0 Å². The smallest absolute Gasteiger partial charge is 0.332 e. The molecule has 3 unspecified atom stereocenters. The SMILES string of the molecule is NS(=O)(=O)NC(=O)N1CCC(CC(=O)N2CCC(C3c4ncc(Br)cc4CCc4cc(Cl)cc(Cl)c43)CC2)C1c1ccccc1. The van der Waals surface area contributed by atoms with Gasteiger partial charge in [0.1, 0.15) is 0 Å². The van der Waals surface area contributed by atoms with Gasteiger partial charge in [0.15, 0.2) is 0 Å². The number of benzene rings is 2. The number of urea groups is 1. The standard InChI is InChI=1S/C32H34BrCl2N5O4S/c33-24-14-22-7-6-21-15-25(34)17-26(35)28(21)29(30(22)37-18-24)19-8-11-39(12-9-19)27(41)16-23-10-13-40(32(42)38-45(36,43)44)31(23)20-4-2-1-3-5-20/h1-5,14-15,17-19,23,29,31H,6-13,16H2,(H,38,42)(H2,36,43,44). The lowest BCUT2D eigenvalue weighted by molar-refractivity contribution is -0.133. The Morgan fingerprint density at radius 2 is 1.71 bits per heavy atom. The summed E-state index contributed by atoms with van der Waals surface area (Å²) in [6.45, 7) is 1.52. The van der Waals surface area contributed by atoms with Gasteiger partial charge in [-0.15, -0.1) is 0 Å². The Labute approximate surface area is 281 Å². The van der Waals surface area contributed by atoms with Crippen LogP contribution in [0, 0.1) is 11.8 Å². The van der Waals surface area contributed by atoms with Crippen LogP contribution in [0.25, 0.3) is 0 Å². The van der Waals surface area contributed by atoms with Gasteiger partial charge in [0.25, 0.3) is 10.2 Å². The van der Waals surface area contributed by atoms with Crippen molar-refractivity contribution in [1.82, 2.24) is 19.5 Å². The van der Waals surface area contributed by atoms with Gasteiger partial charge in [0.05, 0.1) is 11.7 Å². The Kier molecular flexibility index (Phi) is 9.46. The minimum absolute atomic E-state index is 0.00388. The van der Waals surface area contributed by atoms with E-state index >= 15 is 0 Å². The van der Waals surface area contributed by atoms with Crippen molar-refractivity contribution in [2.24, 2.45) is 17.0 Å². The van der Waals surface area contributed by atoms with Crippen LogP contribution in [0.3, 0.4) is 0 Å². The number of piperidine rings is 1. The van der Waals surface area contributed by atoms with Gasteiger partial charge in [-0.1, -0.05) is 53.5 Å². The van der Waals surface area contributed by atoms with Crippen molar-refractivity contribution in [3.8, 4) is 0 Å². The van der Waals surface area contributed by atoms with Gasteiger partial charge in [-0.05, 0) is 100 Å². The highest BCUT2D eigenvalue weighted by molar-refractivity contribution is 9.10. The van der Waals surface area contributed by atoms with Crippen LogP contribution in [0.15, 0.2) is 59.2 Å². The number of nitrogens with two attached hydrogens (primary N) is 1. The number of likely N-dealkylation sites (tertiary alicyclic amines) is 2. The summed E-state index contributed by atoms with van der Waals surface area (Å²) < 4.78 is 26.0. The van der Waals surface area contributed by atoms with E-state index in [4.69, 9.17) is 33.3 Å². The number of rotatable bonds is 5. The second kappa shape index (κ2) is 13.2. The lowest BCUT2D eigenvalue weighted by Gasteiger charge is -2.38. The third-order valence-electron chi connectivity index (χ3n) is 9.37. The molecule has 2 saturated heterocycles. The molecule has 2 aromatic carbocycles. The Bertz CT molecular complexity index is 1720. The highest BCUT2D eigenvalue weighted by Crippen LogP contribution is 2.46. The molecule has 2 fully saturated rings. The number of hydrogen-bond donors (Lipinski definition) is 2. The third kappa shape index (κ3) is 7.02. The lowest BCUT2D eigenvalue weighted by atomic mass is 9.76. The minimum Gasteiger partial charge on any atom is -0.343 e. The Morgan fingerprint density at radius 3 is 2.42 bits per heavy atom. The van der Waals surface area contributed by atoms with Crippen LogP contribution in [0.5, 0.6) is 0 Å². The van der Waals surface area contributed by atoms with Gasteiger partial charge >= 0.3 is 6.03 Å². The van der Waals surface area contributed by atoms with Crippen LogP contribution in [0.2, 0.25) is 10.0 Å². The molecular weight excluding hydrogens is 701 g/mol. The van der Waals surface area contributed by atoms with E-state index in [9.17, 15) is 18.0 Å². The first-order chi connectivity index (χ1) is 21.5. The zero-order valence-corrected chi connectivity index (χ0v) is 28.4. The molecule has 2 aliphatic heterocycles. The molecule has 3 aromatic rings. The molecule has 3 atom stereocenters. The summed E-state index contributed by atoms with van der Waals surface area (Å²) in [5.41, 5.74) is 5.32. The van der Waals surface area contributed by atoms with Crippen LogP contribution in [0.1, 0.15) is 65.6 Å². The Hall–Kier alpha value is -2.70. The number of hydrogen-bond acceptors (Lipinski definition) is 5. The van der Waals surface area contributed by atoms with Crippen molar-refractivity contribution >= 4 is 61.3 Å². The molecule has 9 nitrogen and oxygen atoms in total. The van der Waals surface area contributed by atoms with Crippen molar-refractivity contribution in [1.29, 1.82) is 0 Å². The number of nitrogens with zero attached hydrogens (tertiary/aromatic N) is 3.